The Morgan fingerprint density at radius 3 is 2.62 bits per heavy atom. The second-order valence-electron chi connectivity index (χ2n) is 3.64. The fraction of sp³-hybridized carbons (Fsp3) is 0.455. The highest BCUT2D eigenvalue weighted by Crippen LogP contribution is 2.24. The molecule has 1 rings (SSSR count). The largest absolute Gasteiger partial charge is 0.487 e. The number of rotatable bonds is 5. The van der Waals surface area contributed by atoms with Crippen LogP contribution in [0.1, 0.15) is 12.5 Å². The number of nitrogens with two attached hydrogens (primary N) is 1. The average Bonchev–Trinajstić information content (AvgIpc) is 2.25. The predicted molar refractivity (Wildman–Crippen MR) is 60.0 cm³/mol. The van der Waals surface area contributed by atoms with Gasteiger partial charge in [0.05, 0.1) is 0 Å². The van der Waals surface area contributed by atoms with Gasteiger partial charge in [-0.05, 0) is 18.2 Å². The third kappa shape index (κ3) is 3.66. The summed E-state index contributed by atoms with van der Waals surface area (Å²) in [5.41, 5.74) is 7.09. The molecular formula is C11H16F2N2O. The number of anilines is 1. The third-order valence-electron chi connectivity index (χ3n) is 2.05. The molecule has 0 saturated carbocycles. The molecular weight excluding hydrogens is 214 g/mol. The summed E-state index contributed by atoms with van der Waals surface area (Å²) >= 11 is 0. The minimum Gasteiger partial charge on any atom is -0.487 e. The van der Waals surface area contributed by atoms with E-state index >= 15 is 0 Å². The Labute approximate surface area is 93.6 Å². The summed E-state index contributed by atoms with van der Waals surface area (Å²) in [6.07, 6.45) is 0. The molecule has 0 amide bonds. The van der Waals surface area contributed by atoms with Crippen LogP contribution in [-0.4, -0.2) is 19.6 Å². The van der Waals surface area contributed by atoms with Gasteiger partial charge < -0.3 is 15.8 Å². The van der Waals surface area contributed by atoms with E-state index < -0.39 is 12.5 Å². The average molecular weight is 230 g/mol. The first kappa shape index (κ1) is 12.7. The van der Waals surface area contributed by atoms with Crippen LogP contribution in [0.25, 0.3) is 0 Å². The molecule has 0 spiro atoms. The molecule has 0 atom stereocenters. The van der Waals surface area contributed by atoms with Gasteiger partial charge in [-0.3, -0.25) is 0 Å². The molecule has 0 fully saturated rings. The van der Waals surface area contributed by atoms with E-state index in [1.54, 1.807) is 25.2 Å². The van der Waals surface area contributed by atoms with E-state index in [-0.39, 0.29) is 6.54 Å². The van der Waals surface area contributed by atoms with Crippen LogP contribution >= 0.6 is 0 Å². The number of halogens is 2. The van der Waals surface area contributed by atoms with Gasteiger partial charge in [0.1, 0.15) is 5.75 Å². The van der Waals surface area contributed by atoms with Crippen molar-refractivity contribution in [1.29, 1.82) is 0 Å². The van der Waals surface area contributed by atoms with Crippen molar-refractivity contribution in [1.82, 2.24) is 0 Å². The molecule has 0 radical (unpaired) electrons. The Balaban J connectivity index is 2.79. The highest BCUT2D eigenvalue weighted by Gasteiger charge is 2.22. The predicted octanol–water partition coefficient (Wildman–Crippen LogP) is 2.22. The fourth-order valence-corrected chi connectivity index (χ4v) is 1.24. The van der Waals surface area contributed by atoms with Crippen LogP contribution in [0.2, 0.25) is 0 Å². The lowest BCUT2D eigenvalue weighted by Gasteiger charge is -2.15. The smallest absolute Gasteiger partial charge is 0.278 e. The number of alkyl halides is 2. The maximum absolute atomic E-state index is 12.6. The second kappa shape index (κ2) is 5.12. The summed E-state index contributed by atoms with van der Waals surface area (Å²) in [6, 6.07) is 5.17. The molecule has 0 aliphatic carbocycles. The third-order valence-corrected chi connectivity index (χ3v) is 2.05. The molecule has 3 nitrogen and oxygen atoms in total. The van der Waals surface area contributed by atoms with Crippen molar-refractivity contribution in [2.24, 2.45) is 5.73 Å². The molecule has 1 aromatic rings. The molecule has 1 aromatic carbocycles. The van der Waals surface area contributed by atoms with Crippen molar-refractivity contribution in [3.05, 3.63) is 23.8 Å². The lowest BCUT2D eigenvalue weighted by atomic mass is 10.2. The zero-order chi connectivity index (χ0) is 12.2. The lowest BCUT2D eigenvalue weighted by molar-refractivity contribution is -0.0231. The number of nitrogens with one attached hydrogen (secondary N) is 1. The lowest BCUT2D eigenvalue weighted by Crippen LogP contribution is -2.21. The molecule has 0 bridgehead atoms. The quantitative estimate of drug-likeness (QED) is 0.815. The minimum absolute atomic E-state index is 0.250. The summed E-state index contributed by atoms with van der Waals surface area (Å²) in [5.74, 6) is -2.43. The number of ether oxygens (including phenoxy) is 1. The first-order valence-electron chi connectivity index (χ1n) is 4.97. The van der Waals surface area contributed by atoms with Gasteiger partial charge in [0.2, 0.25) is 0 Å². The van der Waals surface area contributed by atoms with Gasteiger partial charge in [-0.1, -0.05) is 0 Å². The zero-order valence-electron chi connectivity index (χ0n) is 9.39. The number of benzene rings is 1. The summed E-state index contributed by atoms with van der Waals surface area (Å²) in [7, 11) is 1.77. The van der Waals surface area contributed by atoms with Crippen molar-refractivity contribution < 1.29 is 13.5 Å². The van der Waals surface area contributed by atoms with E-state index in [1.165, 1.54) is 0 Å². The maximum Gasteiger partial charge on any atom is 0.278 e. The van der Waals surface area contributed by atoms with Crippen molar-refractivity contribution in [3.8, 4) is 5.75 Å². The van der Waals surface area contributed by atoms with E-state index in [0.717, 1.165) is 12.6 Å². The SMILES string of the molecule is CNc1ccc(OCC(C)(F)F)c(CN)c1. The molecule has 0 saturated heterocycles. The summed E-state index contributed by atoms with van der Waals surface area (Å²) in [4.78, 5) is 0. The monoisotopic (exact) mass is 230 g/mol. The molecule has 0 aliphatic rings. The maximum atomic E-state index is 12.6. The fourth-order valence-electron chi connectivity index (χ4n) is 1.24. The van der Waals surface area contributed by atoms with Gasteiger partial charge in [0.15, 0.2) is 6.61 Å². The van der Waals surface area contributed by atoms with Crippen LogP contribution in [0.3, 0.4) is 0 Å². The Morgan fingerprint density at radius 2 is 2.12 bits per heavy atom. The molecule has 5 heteroatoms. The summed E-state index contributed by atoms with van der Waals surface area (Å²) < 4.78 is 30.3. The molecule has 0 aliphatic heterocycles. The Hall–Kier alpha value is -1.36. The molecule has 0 aromatic heterocycles. The van der Waals surface area contributed by atoms with Crippen LogP contribution in [0.4, 0.5) is 14.5 Å². The van der Waals surface area contributed by atoms with Gasteiger partial charge in [0, 0.05) is 31.8 Å². The van der Waals surface area contributed by atoms with Crippen LogP contribution in [0, 0.1) is 0 Å². The van der Waals surface area contributed by atoms with Crippen LogP contribution in [0.5, 0.6) is 5.75 Å². The standard InChI is InChI=1S/C11H16F2N2O/c1-11(12,13)7-16-10-4-3-9(15-2)5-8(10)6-14/h3-5,15H,6-7,14H2,1-2H3. The van der Waals surface area contributed by atoms with Gasteiger partial charge in [-0.25, -0.2) is 8.78 Å². The normalized spacial score (nSPS) is 11.3. The van der Waals surface area contributed by atoms with Crippen molar-refractivity contribution in [3.63, 3.8) is 0 Å². The van der Waals surface area contributed by atoms with Gasteiger partial charge in [-0.15, -0.1) is 0 Å². The van der Waals surface area contributed by atoms with E-state index in [0.29, 0.717) is 11.3 Å². The summed E-state index contributed by atoms with van der Waals surface area (Å²) in [6.45, 7) is 0.427. The van der Waals surface area contributed by atoms with E-state index in [4.69, 9.17) is 10.5 Å². The first-order chi connectivity index (χ1) is 7.46. The zero-order valence-corrected chi connectivity index (χ0v) is 9.39. The van der Waals surface area contributed by atoms with Gasteiger partial charge >= 0.3 is 0 Å². The van der Waals surface area contributed by atoms with Crippen molar-refractivity contribution >= 4 is 5.69 Å². The van der Waals surface area contributed by atoms with Crippen molar-refractivity contribution in [2.45, 2.75) is 19.4 Å². The number of hydrogen-bond donors (Lipinski definition) is 2. The van der Waals surface area contributed by atoms with Gasteiger partial charge in [-0.2, -0.15) is 0 Å². The van der Waals surface area contributed by atoms with Crippen LogP contribution in [-0.2, 0) is 6.54 Å². The second-order valence-corrected chi connectivity index (χ2v) is 3.64. The Morgan fingerprint density at radius 1 is 1.44 bits per heavy atom. The molecule has 3 N–H and O–H groups in total. The number of hydrogen-bond acceptors (Lipinski definition) is 3. The molecule has 0 unspecified atom stereocenters. The molecule has 16 heavy (non-hydrogen) atoms. The van der Waals surface area contributed by atoms with Crippen molar-refractivity contribution in [2.75, 3.05) is 19.0 Å². The van der Waals surface area contributed by atoms with E-state index in [2.05, 4.69) is 5.32 Å². The summed E-state index contributed by atoms with van der Waals surface area (Å²) in [5, 5.41) is 2.94. The molecule has 90 valence electrons. The highest BCUT2D eigenvalue weighted by molar-refractivity contribution is 5.50. The van der Waals surface area contributed by atoms with E-state index in [1.807, 2.05) is 0 Å². The van der Waals surface area contributed by atoms with E-state index in [9.17, 15) is 8.78 Å². The Kier molecular flexibility index (Phi) is 4.06. The Bertz CT molecular complexity index is 350. The first-order valence-corrected chi connectivity index (χ1v) is 4.97. The topological polar surface area (TPSA) is 47.3 Å². The van der Waals surface area contributed by atoms with Gasteiger partial charge in [0.25, 0.3) is 5.92 Å². The molecule has 0 heterocycles. The van der Waals surface area contributed by atoms with Crippen LogP contribution in [0.15, 0.2) is 18.2 Å². The van der Waals surface area contributed by atoms with Crippen LogP contribution < -0.4 is 15.8 Å². The minimum atomic E-state index is -2.84. The highest BCUT2D eigenvalue weighted by atomic mass is 19.3.